The largest absolute Gasteiger partial charge is 0.388 e. The van der Waals surface area contributed by atoms with Gasteiger partial charge in [0.2, 0.25) is 11.8 Å². The fraction of sp³-hybridized carbons (Fsp3) is 0.176. The highest BCUT2D eigenvalue weighted by Crippen LogP contribution is 2.20. The third-order valence-corrected chi connectivity index (χ3v) is 3.08. The Morgan fingerprint density at radius 2 is 1.74 bits per heavy atom. The van der Waals surface area contributed by atoms with Crippen LogP contribution >= 0.6 is 0 Å². The van der Waals surface area contributed by atoms with Gasteiger partial charge in [-0.25, -0.2) is 4.39 Å². The van der Waals surface area contributed by atoms with Crippen molar-refractivity contribution in [1.29, 1.82) is 0 Å². The van der Waals surface area contributed by atoms with Gasteiger partial charge in [-0.3, -0.25) is 9.59 Å². The monoisotopic (exact) mass is 316 g/mol. The van der Waals surface area contributed by atoms with Gasteiger partial charge in [-0.05, 0) is 35.9 Å². The summed E-state index contributed by atoms with van der Waals surface area (Å²) in [6, 6.07) is 12.1. The molecular formula is C17H17FN2O3. The fourth-order valence-corrected chi connectivity index (χ4v) is 2.10. The lowest BCUT2D eigenvalue weighted by molar-refractivity contribution is -0.118. The van der Waals surface area contributed by atoms with Crippen molar-refractivity contribution < 1.29 is 19.1 Å². The maximum atomic E-state index is 13.1. The van der Waals surface area contributed by atoms with Gasteiger partial charge < -0.3 is 15.7 Å². The zero-order valence-electron chi connectivity index (χ0n) is 12.5. The predicted molar refractivity (Wildman–Crippen MR) is 85.4 cm³/mol. The van der Waals surface area contributed by atoms with E-state index in [1.165, 1.54) is 25.1 Å². The Bertz CT molecular complexity index is 718. The Labute approximate surface area is 133 Å². The summed E-state index contributed by atoms with van der Waals surface area (Å²) in [6.07, 6.45) is -1.29. The van der Waals surface area contributed by atoms with Crippen molar-refractivity contribution in [2.24, 2.45) is 0 Å². The molecule has 2 amide bonds. The number of benzene rings is 2. The van der Waals surface area contributed by atoms with Gasteiger partial charge in [0.25, 0.3) is 0 Å². The van der Waals surface area contributed by atoms with E-state index in [-0.39, 0.29) is 12.3 Å². The van der Waals surface area contributed by atoms with E-state index in [0.29, 0.717) is 16.9 Å². The molecule has 1 atom stereocenters. The highest BCUT2D eigenvalue weighted by Gasteiger charge is 2.14. The van der Waals surface area contributed by atoms with Gasteiger partial charge in [0.05, 0.1) is 12.5 Å². The smallest absolute Gasteiger partial charge is 0.227 e. The molecule has 0 saturated heterocycles. The molecule has 0 aliphatic rings. The number of anilines is 2. The fourth-order valence-electron chi connectivity index (χ4n) is 2.10. The van der Waals surface area contributed by atoms with Crippen molar-refractivity contribution in [2.75, 3.05) is 10.6 Å². The quantitative estimate of drug-likeness (QED) is 0.793. The number of rotatable bonds is 5. The van der Waals surface area contributed by atoms with Crippen LogP contribution in [0.3, 0.4) is 0 Å². The number of aliphatic hydroxyl groups is 1. The van der Waals surface area contributed by atoms with Crippen LogP contribution in [0.15, 0.2) is 48.5 Å². The van der Waals surface area contributed by atoms with Gasteiger partial charge in [-0.2, -0.15) is 0 Å². The van der Waals surface area contributed by atoms with Gasteiger partial charge in [-0.15, -0.1) is 0 Å². The van der Waals surface area contributed by atoms with E-state index in [4.69, 9.17) is 0 Å². The van der Waals surface area contributed by atoms with Crippen LogP contribution in [0.5, 0.6) is 0 Å². The van der Waals surface area contributed by atoms with Crippen LogP contribution in [0.4, 0.5) is 15.8 Å². The molecule has 0 radical (unpaired) electrons. The van der Waals surface area contributed by atoms with E-state index >= 15 is 0 Å². The minimum absolute atomic E-state index is 0.201. The Balaban J connectivity index is 1.98. The molecule has 2 aromatic carbocycles. The normalized spacial score (nSPS) is 11.6. The minimum atomic E-state index is -1.09. The molecule has 1 unspecified atom stereocenters. The standard InChI is InChI=1S/C17H17FN2O3/c1-11(21)19-14-6-3-7-15(9-14)20-17(23)10-16(22)12-4-2-5-13(18)8-12/h2-9,16,22H,10H2,1H3,(H,19,21)(H,20,23). The van der Waals surface area contributed by atoms with Gasteiger partial charge in [0.1, 0.15) is 5.82 Å². The van der Waals surface area contributed by atoms with Crippen LogP contribution in [-0.2, 0) is 9.59 Å². The number of aliphatic hydroxyl groups excluding tert-OH is 1. The molecule has 0 bridgehead atoms. The summed E-state index contributed by atoms with van der Waals surface area (Å²) in [5, 5.41) is 15.2. The maximum absolute atomic E-state index is 13.1. The van der Waals surface area contributed by atoms with Crippen molar-refractivity contribution in [1.82, 2.24) is 0 Å². The first kappa shape index (κ1) is 16.6. The number of carbonyl (C=O) groups excluding carboxylic acids is 2. The summed E-state index contributed by atoms with van der Waals surface area (Å²) in [7, 11) is 0. The Morgan fingerprint density at radius 3 is 2.39 bits per heavy atom. The third-order valence-electron chi connectivity index (χ3n) is 3.08. The summed E-state index contributed by atoms with van der Waals surface area (Å²) in [5.41, 5.74) is 1.39. The number of hydrogen-bond acceptors (Lipinski definition) is 3. The lowest BCUT2D eigenvalue weighted by Crippen LogP contribution is -2.16. The van der Waals surface area contributed by atoms with E-state index in [1.54, 1.807) is 30.3 Å². The molecule has 0 aliphatic heterocycles. The summed E-state index contributed by atoms with van der Waals surface area (Å²) < 4.78 is 13.1. The second kappa shape index (κ2) is 7.51. The molecule has 0 aliphatic carbocycles. The minimum Gasteiger partial charge on any atom is -0.388 e. The second-order valence-electron chi connectivity index (χ2n) is 5.09. The summed E-state index contributed by atoms with van der Waals surface area (Å²) in [4.78, 5) is 23.0. The SMILES string of the molecule is CC(=O)Nc1cccc(NC(=O)CC(O)c2cccc(F)c2)c1. The van der Waals surface area contributed by atoms with E-state index in [9.17, 15) is 19.1 Å². The number of amides is 2. The molecule has 0 heterocycles. The molecule has 120 valence electrons. The van der Waals surface area contributed by atoms with Crippen LogP contribution in [-0.4, -0.2) is 16.9 Å². The van der Waals surface area contributed by atoms with Gasteiger partial charge in [0, 0.05) is 18.3 Å². The summed E-state index contributed by atoms with van der Waals surface area (Å²) in [5.74, 6) is -1.10. The first-order valence-corrected chi connectivity index (χ1v) is 7.05. The second-order valence-corrected chi connectivity index (χ2v) is 5.09. The number of hydrogen-bond donors (Lipinski definition) is 3. The van der Waals surface area contributed by atoms with Crippen LogP contribution in [0, 0.1) is 5.82 Å². The van der Waals surface area contributed by atoms with Crippen LogP contribution in [0.2, 0.25) is 0 Å². The Morgan fingerprint density at radius 1 is 1.09 bits per heavy atom. The first-order valence-electron chi connectivity index (χ1n) is 7.05. The zero-order chi connectivity index (χ0) is 16.8. The molecule has 3 N–H and O–H groups in total. The van der Waals surface area contributed by atoms with Crippen LogP contribution in [0.25, 0.3) is 0 Å². The summed E-state index contributed by atoms with van der Waals surface area (Å²) >= 11 is 0. The van der Waals surface area contributed by atoms with Crippen LogP contribution < -0.4 is 10.6 Å². The molecule has 0 fully saturated rings. The van der Waals surface area contributed by atoms with Gasteiger partial charge in [-0.1, -0.05) is 18.2 Å². The highest BCUT2D eigenvalue weighted by atomic mass is 19.1. The predicted octanol–water partition coefficient (Wildman–Crippen LogP) is 2.85. The first-order chi connectivity index (χ1) is 10.9. The Kier molecular flexibility index (Phi) is 5.43. The lowest BCUT2D eigenvalue weighted by Gasteiger charge is -2.12. The van der Waals surface area contributed by atoms with E-state index in [1.807, 2.05) is 0 Å². The molecule has 6 heteroatoms. The van der Waals surface area contributed by atoms with E-state index < -0.39 is 17.8 Å². The number of nitrogens with one attached hydrogen (secondary N) is 2. The van der Waals surface area contributed by atoms with E-state index in [2.05, 4.69) is 10.6 Å². The molecule has 0 spiro atoms. The highest BCUT2D eigenvalue weighted by molar-refractivity contribution is 5.93. The van der Waals surface area contributed by atoms with E-state index in [0.717, 1.165) is 0 Å². The third kappa shape index (κ3) is 5.19. The van der Waals surface area contributed by atoms with Crippen molar-refractivity contribution in [2.45, 2.75) is 19.4 Å². The zero-order valence-corrected chi connectivity index (χ0v) is 12.5. The molecule has 5 nitrogen and oxygen atoms in total. The molecular weight excluding hydrogens is 299 g/mol. The topological polar surface area (TPSA) is 78.4 Å². The molecule has 0 saturated carbocycles. The number of carbonyl (C=O) groups is 2. The summed E-state index contributed by atoms with van der Waals surface area (Å²) in [6.45, 7) is 1.39. The molecule has 2 rings (SSSR count). The average molecular weight is 316 g/mol. The van der Waals surface area contributed by atoms with Gasteiger partial charge >= 0.3 is 0 Å². The number of halogens is 1. The van der Waals surface area contributed by atoms with Crippen molar-refractivity contribution in [3.63, 3.8) is 0 Å². The molecule has 0 aromatic heterocycles. The van der Waals surface area contributed by atoms with Crippen molar-refractivity contribution >= 4 is 23.2 Å². The van der Waals surface area contributed by atoms with Gasteiger partial charge in [0.15, 0.2) is 0 Å². The maximum Gasteiger partial charge on any atom is 0.227 e. The van der Waals surface area contributed by atoms with Crippen molar-refractivity contribution in [3.8, 4) is 0 Å². The Hall–Kier alpha value is -2.73. The molecule has 2 aromatic rings. The average Bonchev–Trinajstić information content (AvgIpc) is 2.46. The van der Waals surface area contributed by atoms with Crippen molar-refractivity contribution in [3.05, 3.63) is 59.9 Å². The molecule has 23 heavy (non-hydrogen) atoms. The lowest BCUT2D eigenvalue weighted by atomic mass is 10.1. The van der Waals surface area contributed by atoms with Crippen LogP contribution in [0.1, 0.15) is 25.0 Å².